The molecule has 74 valence electrons. The number of phenolic OH excluding ortho intramolecular Hbond substituents is 1. The van der Waals surface area contributed by atoms with Gasteiger partial charge < -0.3 is 5.11 Å². The van der Waals surface area contributed by atoms with Gasteiger partial charge in [0.25, 0.3) is 0 Å². The second-order valence-corrected chi connectivity index (χ2v) is 3.11. The number of carbonyl (C=O) groups is 1. The normalized spacial score (nSPS) is 9.87. The first-order chi connectivity index (χ1) is 7.31. The fraction of sp³-hybridized carbons (Fsp3) is 0. The van der Waals surface area contributed by atoms with Crippen LogP contribution in [0, 0.1) is 0 Å². The first-order valence-corrected chi connectivity index (χ1v) is 4.51. The highest BCUT2D eigenvalue weighted by Gasteiger charge is 2.05. The minimum atomic E-state index is 0.0679. The van der Waals surface area contributed by atoms with Crippen molar-refractivity contribution in [2.75, 3.05) is 0 Å². The van der Waals surface area contributed by atoms with Crippen molar-refractivity contribution >= 4 is 6.29 Å². The van der Waals surface area contributed by atoms with Gasteiger partial charge in [-0.15, -0.1) is 0 Å². The summed E-state index contributed by atoms with van der Waals surface area (Å²) < 4.78 is 0. The van der Waals surface area contributed by atoms with E-state index in [2.05, 4.69) is 4.98 Å². The van der Waals surface area contributed by atoms with Crippen LogP contribution in [-0.2, 0) is 0 Å². The summed E-state index contributed by atoms with van der Waals surface area (Å²) in [6.45, 7) is 0. The van der Waals surface area contributed by atoms with Crippen LogP contribution in [0.1, 0.15) is 10.4 Å². The SMILES string of the molecule is O=Cc1ccc(-c2ccccn2)c(O)c1. The first kappa shape index (κ1) is 9.40. The number of aromatic nitrogens is 1. The first-order valence-electron chi connectivity index (χ1n) is 4.51. The third-order valence-electron chi connectivity index (χ3n) is 2.10. The lowest BCUT2D eigenvalue weighted by Gasteiger charge is -2.03. The molecule has 0 amide bonds. The monoisotopic (exact) mass is 199 g/mol. The fourth-order valence-electron chi connectivity index (χ4n) is 1.36. The Morgan fingerprint density at radius 1 is 1.20 bits per heavy atom. The Bertz CT molecular complexity index is 480. The zero-order valence-electron chi connectivity index (χ0n) is 7.92. The number of hydrogen-bond donors (Lipinski definition) is 1. The molecule has 2 rings (SSSR count). The lowest BCUT2D eigenvalue weighted by Crippen LogP contribution is -1.85. The van der Waals surface area contributed by atoms with Gasteiger partial charge in [0.05, 0.1) is 5.69 Å². The number of phenols is 1. The Hall–Kier alpha value is -2.16. The van der Waals surface area contributed by atoms with E-state index < -0.39 is 0 Å². The zero-order chi connectivity index (χ0) is 10.7. The van der Waals surface area contributed by atoms with Crippen LogP contribution in [0.25, 0.3) is 11.3 Å². The quantitative estimate of drug-likeness (QED) is 0.755. The van der Waals surface area contributed by atoms with Crippen LogP contribution >= 0.6 is 0 Å². The molecule has 0 unspecified atom stereocenters. The maximum Gasteiger partial charge on any atom is 0.150 e. The van der Waals surface area contributed by atoms with Crippen molar-refractivity contribution in [2.45, 2.75) is 0 Å². The molecule has 0 aliphatic carbocycles. The Morgan fingerprint density at radius 3 is 2.67 bits per heavy atom. The van der Waals surface area contributed by atoms with Crippen molar-refractivity contribution in [3.63, 3.8) is 0 Å². The van der Waals surface area contributed by atoms with Gasteiger partial charge in [-0.05, 0) is 24.3 Å². The number of pyridine rings is 1. The molecular formula is C12H9NO2. The molecule has 1 N–H and O–H groups in total. The van der Waals surface area contributed by atoms with Crippen molar-refractivity contribution in [1.82, 2.24) is 4.98 Å². The summed E-state index contributed by atoms with van der Waals surface area (Å²) in [5, 5.41) is 9.68. The Kier molecular flexibility index (Phi) is 2.46. The molecule has 0 aliphatic heterocycles. The van der Waals surface area contributed by atoms with E-state index in [-0.39, 0.29) is 5.75 Å². The van der Waals surface area contributed by atoms with Gasteiger partial charge in [-0.25, -0.2) is 0 Å². The molecule has 3 heteroatoms. The van der Waals surface area contributed by atoms with E-state index in [1.165, 1.54) is 6.07 Å². The lowest BCUT2D eigenvalue weighted by atomic mass is 10.1. The average molecular weight is 199 g/mol. The summed E-state index contributed by atoms with van der Waals surface area (Å²) in [5.74, 6) is 0.0679. The fourth-order valence-corrected chi connectivity index (χ4v) is 1.36. The molecule has 1 heterocycles. The number of carbonyl (C=O) groups excluding carboxylic acids is 1. The van der Waals surface area contributed by atoms with Crippen LogP contribution in [0.3, 0.4) is 0 Å². The standard InChI is InChI=1S/C12H9NO2/c14-8-9-4-5-10(12(15)7-9)11-3-1-2-6-13-11/h1-8,15H. The van der Waals surface area contributed by atoms with Crippen molar-refractivity contribution < 1.29 is 9.90 Å². The summed E-state index contributed by atoms with van der Waals surface area (Å²) in [4.78, 5) is 14.6. The minimum Gasteiger partial charge on any atom is -0.507 e. The number of aromatic hydroxyl groups is 1. The van der Waals surface area contributed by atoms with Crippen LogP contribution in [0.15, 0.2) is 42.6 Å². The van der Waals surface area contributed by atoms with E-state index in [9.17, 15) is 9.90 Å². The van der Waals surface area contributed by atoms with Crippen molar-refractivity contribution in [3.8, 4) is 17.0 Å². The molecule has 2 aromatic rings. The minimum absolute atomic E-state index is 0.0679. The maximum absolute atomic E-state index is 10.5. The second kappa shape index (κ2) is 3.92. The highest BCUT2D eigenvalue weighted by molar-refractivity contribution is 5.79. The van der Waals surface area contributed by atoms with Crippen LogP contribution in [0.5, 0.6) is 5.75 Å². The molecule has 0 atom stereocenters. The summed E-state index contributed by atoms with van der Waals surface area (Å²) in [5.41, 5.74) is 1.76. The van der Waals surface area contributed by atoms with E-state index in [1.54, 1.807) is 30.5 Å². The third-order valence-corrected chi connectivity index (χ3v) is 2.10. The molecule has 3 nitrogen and oxygen atoms in total. The zero-order valence-corrected chi connectivity index (χ0v) is 7.92. The van der Waals surface area contributed by atoms with E-state index in [4.69, 9.17) is 0 Å². The number of hydrogen-bond acceptors (Lipinski definition) is 3. The number of aldehydes is 1. The van der Waals surface area contributed by atoms with E-state index >= 15 is 0 Å². The molecule has 0 bridgehead atoms. The molecule has 15 heavy (non-hydrogen) atoms. The van der Waals surface area contributed by atoms with Crippen molar-refractivity contribution in [2.24, 2.45) is 0 Å². The summed E-state index contributed by atoms with van der Waals surface area (Å²) in [6, 6.07) is 10.2. The van der Waals surface area contributed by atoms with Gasteiger partial charge in [0.2, 0.25) is 0 Å². The molecule has 1 aromatic carbocycles. The van der Waals surface area contributed by atoms with Crippen LogP contribution in [-0.4, -0.2) is 16.4 Å². The summed E-state index contributed by atoms with van der Waals surface area (Å²) >= 11 is 0. The molecular weight excluding hydrogens is 190 g/mol. The third kappa shape index (κ3) is 1.86. The maximum atomic E-state index is 10.5. The predicted molar refractivity (Wildman–Crippen MR) is 56.7 cm³/mol. The number of benzene rings is 1. The van der Waals surface area contributed by atoms with Gasteiger partial charge in [-0.1, -0.05) is 12.1 Å². The van der Waals surface area contributed by atoms with Gasteiger partial charge in [-0.3, -0.25) is 9.78 Å². The van der Waals surface area contributed by atoms with E-state index in [0.29, 0.717) is 23.1 Å². The van der Waals surface area contributed by atoms with Crippen molar-refractivity contribution in [3.05, 3.63) is 48.2 Å². The average Bonchev–Trinajstić information content (AvgIpc) is 2.30. The lowest BCUT2D eigenvalue weighted by molar-refractivity contribution is 0.112. The topological polar surface area (TPSA) is 50.2 Å². The van der Waals surface area contributed by atoms with Crippen molar-refractivity contribution in [1.29, 1.82) is 0 Å². The molecule has 0 aliphatic rings. The summed E-state index contributed by atoms with van der Waals surface area (Å²) in [7, 11) is 0. The van der Waals surface area contributed by atoms with Gasteiger partial charge in [-0.2, -0.15) is 0 Å². The van der Waals surface area contributed by atoms with Gasteiger partial charge in [0.15, 0.2) is 0 Å². The van der Waals surface area contributed by atoms with Gasteiger partial charge >= 0.3 is 0 Å². The van der Waals surface area contributed by atoms with Gasteiger partial charge in [0, 0.05) is 17.3 Å². The van der Waals surface area contributed by atoms with Crippen LogP contribution < -0.4 is 0 Å². The number of rotatable bonds is 2. The van der Waals surface area contributed by atoms with E-state index in [0.717, 1.165) is 0 Å². The van der Waals surface area contributed by atoms with Gasteiger partial charge in [0.1, 0.15) is 12.0 Å². The number of nitrogens with zero attached hydrogens (tertiary/aromatic N) is 1. The van der Waals surface area contributed by atoms with E-state index in [1.807, 2.05) is 6.07 Å². The molecule has 0 fully saturated rings. The highest BCUT2D eigenvalue weighted by atomic mass is 16.3. The van der Waals surface area contributed by atoms with Crippen LogP contribution in [0.2, 0.25) is 0 Å². The molecule has 0 spiro atoms. The Morgan fingerprint density at radius 2 is 2.07 bits per heavy atom. The largest absolute Gasteiger partial charge is 0.507 e. The molecule has 0 saturated heterocycles. The predicted octanol–water partition coefficient (Wildman–Crippen LogP) is 2.27. The molecule has 0 saturated carbocycles. The smallest absolute Gasteiger partial charge is 0.150 e. The summed E-state index contributed by atoms with van der Waals surface area (Å²) in [6.07, 6.45) is 2.35. The van der Waals surface area contributed by atoms with Crippen LogP contribution in [0.4, 0.5) is 0 Å². The molecule has 0 radical (unpaired) electrons. The Balaban J connectivity index is 2.51. The Labute approximate surface area is 87.0 Å². The highest BCUT2D eigenvalue weighted by Crippen LogP contribution is 2.27. The second-order valence-electron chi connectivity index (χ2n) is 3.11. The molecule has 1 aromatic heterocycles.